The molecule has 0 atom stereocenters. The number of hydrogen-bond acceptors (Lipinski definition) is 2. The van der Waals surface area contributed by atoms with Crippen molar-refractivity contribution in [1.29, 1.82) is 0 Å². The largest absolute Gasteiger partial charge is 0.308 e. The Bertz CT molecular complexity index is 3370. The van der Waals surface area contributed by atoms with Gasteiger partial charge in [0, 0.05) is 48.7 Å². The molecular formula is C46H26N4. The van der Waals surface area contributed by atoms with Gasteiger partial charge in [-0.2, -0.15) is 0 Å². The average Bonchev–Trinajstić information content (AvgIpc) is 3.82. The van der Waals surface area contributed by atoms with E-state index < -0.39 is 0 Å². The minimum atomic E-state index is 0.672. The SMILES string of the molecule is c1ccc(-c2nc(-n3c4ccccc4c4c5c6c7ccccc7ccc6n6c7ccccc7c(cc43)c56)nc3c2ccc2ccccc23)cc1. The highest BCUT2D eigenvalue weighted by molar-refractivity contribution is 6.38. The first-order valence-corrected chi connectivity index (χ1v) is 17.1. The highest BCUT2D eigenvalue weighted by Crippen LogP contribution is 2.48. The number of nitrogens with zero attached hydrogens (tertiary/aromatic N) is 4. The number of fused-ring (bicyclic) bond motifs is 15. The molecule has 12 rings (SSSR count). The predicted molar refractivity (Wildman–Crippen MR) is 209 cm³/mol. The van der Waals surface area contributed by atoms with E-state index in [2.05, 4.69) is 167 Å². The van der Waals surface area contributed by atoms with Gasteiger partial charge in [0.1, 0.15) is 0 Å². The van der Waals surface area contributed by atoms with Crippen LogP contribution in [0.4, 0.5) is 0 Å². The summed E-state index contributed by atoms with van der Waals surface area (Å²) in [6.45, 7) is 0. The third-order valence-electron chi connectivity index (χ3n) is 10.8. The van der Waals surface area contributed by atoms with Gasteiger partial charge in [0.25, 0.3) is 0 Å². The Labute approximate surface area is 285 Å². The lowest BCUT2D eigenvalue weighted by Gasteiger charge is -2.13. The van der Waals surface area contributed by atoms with Crippen LogP contribution in [0.1, 0.15) is 0 Å². The smallest absolute Gasteiger partial charge is 0.235 e. The molecule has 230 valence electrons. The maximum Gasteiger partial charge on any atom is 0.235 e. The molecule has 0 fully saturated rings. The monoisotopic (exact) mass is 634 g/mol. The fourth-order valence-electron chi connectivity index (χ4n) is 8.76. The topological polar surface area (TPSA) is 35.1 Å². The summed E-state index contributed by atoms with van der Waals surface area (Å²) < 4.78 is 4.79. The number of benzene rings is 8. The summed E-state index contributed by atoms with van der Waals surface area (Å²) in [5.41, 5.74) is 8.88. The summed E-state index contributed by atoms with van der Waals surface area (Å²) in [6, 6.07) is 56.7. The molecule has 50 heavy (non-hydrogen) atoms. The van der Waals surface area contributed by atoms with Gasteiger partial charge in [-0.3, -0.25) is 4.57 Å². The van der Waals surface area contributed by atoms with Crippen molar-refractivity contribution in [1.82, 2.24) is 18.9 Å². The summed E-state index contributed by atoms with van der Waals surface area (Å²) in [5.74, 6) is 0.672. The van der Waals surface area contributed by atoms with Crippen LogP contribution in [-0.4, -0.2) is 18.9 Å². The van der Waals surface area contributed by atoms with E-state index in [1.807, 2.05) is 0 Å². The summed E-state index contributed by atoms with van der Waals surface area (Å²) >= 11 is 0. The van der Waals surface area contributed by atoms with E-state index in [4.69, 9.17) is 9.97 Å². The molecular weight excluding hydrogens is 609 g/mol. The van der Waals surface area contributed by atoms with Gasteiger partial charge in [0.05, 0.1) is 38.8 Å². The highest BCUT2D eigenvalue weighted by Gasteiger charge is 2.26. The summed E-state index contributed by atoms with van der Waals surface area (Å²) in [6.07, 6.45) is 0. The van der Waals surface area contributed by atoms with Crippen LogP contribution in [0.2, 0.25) is 0 Å². The molecule has 0 saturated heterocycles. The van der Waals surface area contributed by atoms with Crippen LogP contribution < -0.4 is 0 Å². The number of rotatable bonds is 2. The molecule has 0 unspecified atom stereocenters. The molecule has 0 bridgehead atoms. The lowest BCUT2D eigenvalue weighted by Crippen LogP contribution is -2.03. The van der Waals surface area contributed by atoms with Gasteiger partial charge in [-0.1, -0.05) is 127 Å². The Balaban J connectivity index is 1.34. The van der Waals surface area contributed by atoms with Gasteiger partial charge in [-0.15, -0.1) is 0 Å². The third-order valence-corrected chi connectivity index (χ3v) is 10.8. The maximum atomic E-state index is 5.47. The standard InChI is InChI=1S/C46H26N4/c1-2-14-29(15-3-1)43-34-24-22-28-13-5-7-17-31(28)44(34)48-46(47-43)50-37-21-11-9-19-33(37)41-39(50)26-35-32-18-8-10-20-36(32)49-38-25-23-27-12-4-6-16-30(27)40(38)42(41)45(35)49/h1-26H. The minimum Gasteiger partial charge on any atom is -0.308 e. The molecule has 4 aromatic heterocycles. The van der Waals surface area contributed by atoms with Gasteiger partial charge < -0.3 is 4.40 Å². The van der Waals surface area contributed by atoms with Gasteiger partial charge >= 0.3 is 0 Å². The molecule has 0 radical (unpaired) electrons. The van der Waals surface area contributed by atoms with E-state index in [1.165, 1.54) is 59.6 Å². The fourth-order valence-corrected chi connectivity index (χ4v) is 8.76. The Hall–Kier alpha value is -6.78. The van der Waals surface area contributed by atoms with E-state index in [9.17, 15) is 0 Å². The van der Waals surface area contributed by atoms with Crippen molar-refractivity contribution in [2.45, 2.75) is 0 Å². The van der Waals surface area contributed by atoms with Crippen molar-refractivity contribution < 1.29 is 0 Å². The second kappa shape index (κ2) is 9.43. The first-order chi connectivity index (χ1) is 24.8. The van der Waals surface area contributed by atoms with Gasteiger partial charge in [-0.05, 0) is 46.5 Å². The quantitative estimate of drug-likeness (QED) is 0.177. The van der Waals surface area contributed by atoms with Crippen molar-refractivity contribution >= 4 is 92.3 Å². The molecule has 0 saturated carbocycles. The first-order valence-electron chi connectivity index (χ1n) is 17.1. The Morgan fingerprint density at radius 2 is 1.02 bits per heavy atom. The van der Waals surface area contributed by atoms with Crippen molar-refractivity contribution in [3.63, 3.8) is 0 Å². The normalized spacial score (nSPS) is 12.4. The van der Waals surface area contributed by atoms with E-state index >= 15 is 0 Å². The van der Waals surface area contributed by atoms with Gasteiger partial charge in [0.2, 0.25) is 5.95 Å². The zero-order valence-corrected chi connectivity index (χ0v) is 26.8. The molecule has 0 aliphatic carbocycles. The van der Waals surface area contributed by atoms with Gasteiger partial charge in [0.15, 0.2) is 0 Å². The van der Waals surface area contributed by atoms with Crippen LogP contribution in [0.5, 0.6) is 0 Å². The van der Waals surface area contributed by atoms with Crippen molar-refractivity contribution in [2.24, 2.45) is 0 Å². The minimum absolute atomic E-state index is 0.672. The van der Waals surface area contributed by atoms with Crippen LogP contribution in [0.25, 0.3) is 110 Å². The molecule has 0 amide bonds. The third kappa shape index (κ3) is 3.25. The zero-order chi connectivity index (χ0) is 32.5. The number of aromatic nitrogens is 4. The number of para-hydroxylation sites is 2. The van der Waals surface area contributed by atoms with Crippen molar-refractivity contribution in [3.05, 3.63) is 158 Å². The van der Waals surface area contributed by atoms with Crippen molar-refractivity contribution in [2.75, 3.05) is 0 Å². The summed E-state index contributed by atoms with van der Waals surface area (Å²) in [5, 5.41) is 13.3. The van der Waals surface area contributed by atoms with E-state index in [0.717, 1.165) is 44.0 Å². The lowest BCUT2D eigenvalue weighted by molar-refractivity contribution is 1.02. The van der Waals surface area contributed by atoms with E-state index in [0.29, 0.717) is 5.95 Å². The molecule has 4 heterocycles. The molecule has 0 aliphatic rings. The van der Waals surface area contributed by atoms with Crippen molar-refractivity contribution in [3.8, 4) is 17.2 Å². The Kier molecular flexibility index (Phi) is 4.94. The summed E-state index contributed by atoms with van der Waals surface area (Å²) in [4.78, 5) is 10.9. The lowest BCUT2D eigenvalue weighted by atomic mass is 9.98. The Morgan fingerprint density at radius 3 is 1.86 bits per heavy atom. The molecule has 0 spiro atoms. The fraction of sp³-hybridized carbons (Fsp3) is 0. The maximum absolute atomic E-state index is 5.47. The zero-order valence-electron chi connectivity index (χ0n) is 26.8. The number of hydrogen-bond donors (Lipinski definition) is 0. The molecule has 4 heteroatoms. The van der Waals surface area contributed by atoms with Crippen LogP contribution in [0.15, 0.2) is 158 Å². The van der Waals surface area contributed by atoms with Gasteiger partial charge in [-0.25, -0.2) is 9.97 Å². The first kappa shape index (κ1) is 26.2. The molecule has 4 nitrogen and oxygen atoms in total. The van der Waals surface area contributed by atoms with E-state index in [1.54, 1.807) is 0 Å². The predicted octanol–water partition coefficient (Wildman–Crippen LogP) is 11.9. The molecule has 0 aliphatic heterocycles. The highest BCUT2D eigenvalue weighted by atomic mass is 15.2. The molecule has 8 aromatic carbocycles. The van der Waals surface area contributed by atoms with Crippen LogP contribution >= 0.6 is 0 Å². The van der Waals surface area contributed by atoms with Crippen LogP contribution in [0.3, 0.4) is 0 Å². The molecule has 0 N–H and O–H groups in total. The average molecular weight is 635 g/mol. The Morgan fingerprint density at radius 1 is 0.380 bits per heavy atom. The van der Waals surface area contributed by atoms with Crippen LogP contribution in [0, 0.1) is 0 Å². The summed E-state index contributed by atoms with van der Waals surface area (Å²) in [7, 11) is 0. The second-order valence-corrected chi connectivity index (χ2v) is 13.3. The second-order valence-electron chi connectivity index (χ2n) is 13.3. The van der Waals surface area contributed by atoms with E-state index in [-0.39, 0.29) is 0 Å². The molecule has 12 aromatic rings. The van der Waals surface area contributed by atoms with Crippen LogP contribution in [-0.2, 0) is 0 Å².